The van der Waals surface area contributed by atoms with E-state index in [1.165, 1.54) is 11.6 Å². The fraction of sp³-hybridized carbons (Fsp3) is 0.238. The highest BCUT2D eigenvalue weighted by Crippen LogP contribution is 2.32. The summed E-state index contributed by atoms with van der Waals surface area (Å²) in [4.78, 5) is 24.3. The molecule has 0 unspecified atom stereocenters. The molecule has 138 valence electrons. The molecule has 4 rings (SSSR count). The third-order valence-corrected chi connectivity index (χ3v) is 4.51. The lowest BCUT2D eigenvalue weighted by Gasteiger charge is -2.09. The number of carbonyl (C=O) groups excluding carboxylic acids is 1. The van der Waals surface area contributed by atoms with Crippen molar-refractivity contribution in [3.63, 3.8) is 0 Å². The van der Waals surface area contributed by atoms with Crippen LogP contribution in [0.25, 0.3) is 11.0 Å². The van der Waals surface area contributed by atoms with Gasteiger partial charge < -0.3 is 19.2 Å². The maximum atomic E-state index is 12.5. The molecule has 0 radical (unpaired) electrons. The van der Waals surface area contributed by atoms with Gasteiger partial charge in [0.15, 0.2) is 11.5 Å². The highest BCUT2D eigenvalue weighted by molar-refractivity contribution is 5.95. The number of aryl methyl sites for hydroxylation is 1. The summed E-state index contributed by atoms with van der Waals surface area (Å²) in [5.74, 6) is 0.929. The van der Waals surface area contributed by atoms with Crippen LogP contribution in [-0.4, -0.2) is 12.7 Å². The Labute approximate surface area is 155 Å². The third kappa shape index (κ3) is 3.51. The smallest absolute Gasteiger partial charge is 0.336 e. The highest BCUT2D eigenvalue weighted by atomic mass is 16.7. The predicted molar refractivity (Wildman–Crippen MR) is 100 cm³/mol. The minimum absolute atomic E-state index is 0.159. The summed E-state index contributed by atoms with van der Waals surface area (Å²) in [6.07, 6.45) is 1.97. The lowest BCUT2D eigenvalue weighted by molar-refractivity contribution is 0.0950. The molecule has 2 aromatic carbocycles. The Balaban J connectivity index is 1.58. The van der Waals surface area contributed by atoms with Crippen molar-refractivity contribution in [1.29, 1.82) is 0 Å². The van der Waals surface area contributed by atoms with Crippen LogP contribution in [0.4, 0.5) is 0 Å². The van der Waals surface area contributed by atoms with Gasteiger partial charge in [0.05, 0.1) is 0 Å². The van der Waals surface area contributed by atoms with E-state index in [0.29, 0.717) is 22.6 Å². The fourth-order valence-electron chi connectivity index (χ4n) is 3.18. The average molecular weight is 365 g/mol. The van der Waals surface area contributed by atoms with Gasteiger partial charge in [-0.3, -0.25) is 4.79 Å². The first-order valence-electron chi connectivity index (χ1n) is 8.87. The van der Waals surface area contributed by atoms with Gasteiger partial charge in [0.2, 0.25) is 6.79 Å². The Kier molecular flexibility index (Phi) is 4.54. The average Bonchev–Trinajstić information content (AvgIpc) is 3.14. The number of fused-ring (bicyclic) bond motifs is 2. The van der Waals surface area contributed by atoms with Crippen LogP contribution in [-0.2, 0) is 13.0 Å². The highest BCUT2D eigenvalue weighted by Gasteiger charge is 2.16. The van der Waals surface area contributed by atoms with Gasteiger partial charge in [0, 0.05) is 23.6 Å². The Morgan fingerprint density at radius 2 is 1.93 bits per heavy atom. The second kappa shape index (κ2) is 7.15. The van der Waals surface area contributed by atoms with E-state index in [-0.39, 0.29) is 19.2 Å². The SMILES string of the molecule is CCCc1ccc2oc(=O)cc(CNC(=O)c3ccc4c(c3)OCO4)c2c1. The molecule has 1 aliphatic heterocycles. The number of ether oxygens (including phenoxy) is 2. The van der Waals surface area contributed by atoms with E-state index in [2.05, 4.69) is 12.2 Å². The third-order valence-electron chi connectivity index (χ3n) is 4.51. The van der Waals surface area contributed by atoms with Gasteiger partial charge >= 0.3 is 5.63 Å². The van der Waals surface area contributed by atoms with Crippen molar-refractivity contribution in [2.45, 2.75) is 26.3 Å². The zero-order valence-corrected chi connectivity index (χ0v) is 14.9. The molecule has 0 bridgehead atoms. The molecule has 6 nitrogen and oxygen atoms in total. The maximum absolute atomic E-state index is 12.5. The zero-order chi connectivity index (χ0) is 18.8. The predicted octanol–water partition coefficient (Wildman–Crippen LogP) is 3.40. The quantitative estimate of drug-likeness (QED) is 0.701. The Bertz CT molecular complexity index is 1070. The minimum Gasteiger partial charge on any atom is -0.454 e. The van der Waals surface area contributed by atoms with Crippen LogP contribution in [0.1, 0.15) is 34.8 Å². The molecule has 6 heteroatoms. The van der Waals surface area contributed by atoms with E-state index in [1.54, 1.807) is 18.2 Å². The first-order chi connectivity index (χ1) is 13.1. The molecular weight excluding hydrogens is 346 g/mol. The van der Waals surface area contributed by atoms with Crippen molar-refractivity contribution in [3.05, 3.63) is 69.6 Å². The molecule has 27 heavy (non-hydrogen) atoms. The van der Waals surface area contributed by atoms with Crippen LogP contribution in [0.5, 0.6) is 11.5 Å². The molecule has 2 heterocycles. The van der Waals surface area contributed by atoms with E-state index < -0.39 is 5.63 Å². The fourth-order valence-corrected chi connectivity index (χ4v) is 3.18. The molecular formula is C21H19NO5. The molecule has 3 aromatic rings. The topological polar surface area (TPSA) is 77.8 Å². The number of rotatable bonds is 5. The van der Waals surface area contributed by atoms with Gasteiger partial charge in [-0.1, -0.05) is 19.4 Å². The summed E-state index contributed by atoms with van der Waals surface area (Å²) < 4.78 is 15.8. The molecule has 0 atom stereocenters. The number of carbonyl (C=O) groups is 1. The Hall–Kier alpha value is -3.28. The van der Waals surface area contributed by atoms with Crippen molar-refractivity contribution >= 4 is 16.9 Å². The molecule has 1 aromatic heterocycles. The Morgan fingerprint density at radius 1 is 1.07 bits per heavy atom. The van der Waals surface area contributed by atoms with Gasteiger partial charge in [-0.05, 0) is 47.9 Å². The molecule has 0 spiro atoms. The molecule has 0 fully saturated rings. The van der Waals surface area contributed by atoms with Crippen molar-refractivity contribution in [2.24, 2.45) is 0 Å². The van der Waals surface area contributed by atoms with Crippen LogP contribution in [0.3, 0.4) is 0 Å². The molecule has 0 aliphatic carbocycles. The largest absolute Gasteiger partial charge is 0.454 e. The van der Waals surface area contributed by atoms with Gasteiger partial charge in [0.1, 0.15) is 5.58 Å². The van der Waals surface area contributed by atoms with Gasteiger partial charge in [-0.15, -0.1) is 0 Å². The number of hydrogen-bond donors (Lipinski definition) is 1. The van der Waals surface area contributed by atoms with Crippen LogP contribution in [0.15, 0.2) is 51.7 Å². The zero-order valence-electron chi connectivity index (χ0n) is 14.9. The molecule has 1 amide bonds. The van der Waals surface area contributed by atoms with Crippen LogP contribution >= 0.6 is 0 Å². The van der Waals surface area contributed by atoms with Crippen LogP contribution < -0.4 is 20.4 Å². The normalized spacial score (nSPS) is 12.3. The lowest BCUT2D eigenvalue weighted by Crippen LogP contribution is -2.23. The number of nitrogens with one attached hydrogen (secondary N) is 1. The van der Waals surface area contributed by atoms with E-state index in [0.717, 1.165) is 23.8 Å². The van der Waals surface area contributed by atoms with E-state index in [9.17, 15) is 9.59 Å². The van der Waals surface area contributed by atoms with Crippen LogP contribution in [0, 0.1) is 0 Å². The first-order valence-corrected chi connectivity index (χ1v) is 8.87. The standard InChI is InChI=1S/C21H19NO5/c1-2-3-13-4-6-17-16(8-13)15(10-20(23)27-17)11-22-21(24)14-5-7-18-19(9-14)26-12-25-18/h4-10H,2-3,11-12H2,1H3,(H,22,24). The molecule has 1 aliphatic rings. The lowest BCUT2D eigenvalue weighted by atomic mass is 10.0. The summed E-state index contributed by atoms with van der Waals surface area (Å²) in [6, 6.07) is 12.3. The maximum Gasteiger partial charge on any atom is 0.336 e. The monoisotopic (exact) mass is 365 g/mol. The van der Waals surface area contributed by atoms with E-state index in [1.807, 2.05) is 18.2 Å². The second-order valence-electron chi connectivity index (χ2n) is 6.42. The Morgan fingerprint density at radius 3 is 2.78 bits per heavy atom. The summed E-state index contributed by atoms with van der Waals surface area (Å²) in [5, 5.41) is 3.70. The van der Waals surface area contributed by atoms with Gasteiger partial charge in [0.25, 0.3) is 5.91 Å². The van der Waals surface area contributed by atoms with Crippen molar-refractivity contribution in [2.75, 3.05) is 6.79 Å². The van der Waals surface area contributed by atoms with Crippen molar-refractivity contribution in [1.82, 2.24) is 5.32 Å². The van der Waals surface area contributed by atoms with Gasteiger partial charge in [-0.25, -0.2) is 4.79 Å². The summed E-state index contributed by atoms with van der Waals surface area (Å²) >= 11 is 0. The number of benzene rings is 2. The summed E-state index contributed by atoms with van der Waals surface area (Å²) in [5.41, 5.74) is 2.46. The van der Waals surface area contributed by atoms with Crippen LogP contribution in [0.2, 0.25) is 0 Å². The number of hydrogen-bond acceptors (Lipinski definition) is 5. The summed E-state index contributed by atoms with van der Waals surface area (Å²) in [7, 11) is 0. The second-order valence-corrected chi connectivity index (χ2v) is 6.42. The van der Waals surface area contributed by atoms with Crippen molar-refractivity contribution in [3.8, 4) is 11.5 Å². The molecule has 0 saturated heterocycles. The van der Waals surface area contributed by atoms with Gasteiger partial charge in [-0.2, -0.15) is 0 Å². The number of amides is 1. The van der Waals surface area contributed by atoms with Crippen molar-refractivity contribution < 1.29 is 18.7 Å². The molecule has 1 N–H and O–H groups in total. The summed E-state index contributed by atoms with van der Waals surface area (Å²) in [6.45, 7) is 2.50. The minimum atomic E-state index is -0.432. The first kappa shape index (κ1) is 17.1. The van der Waals surface area contributed by atoms with E-state index >= 15 is 0 Å². The van der Waals surface area contributed by atoms with E-state index in [4.69, 9.17) is 13.9 Å². The molecule has 0 saturated carbocycles.